The second kappa shape index (κ2) is 5.60. The minimum absolute atomic E-state index is 0.762. The summed E-state index contributed by atoms with van der Waals surface area (Å²) in [4.78, 5) is 0. The Labute approximate surface area is 57.4 Å². The van der Waals surface area contributed by atoms with E-state index >= 15 is 0 Å². The highest BCUT2D eigenvalue weighted by molar-refractivity contribution is 7.03. The quantitative estimate of drug-likeness (QED) is 0.442. The van der Waals surface area contributed by atoms with Gasteiger partial charge in [-0.1, -0.05) is 13.3 Å². The molecule has 0 aliphatic heterocycles. The lowest BCUT2D eigenvalue weighted by molar-refractivity contribution is 0.354. The number of hydrogen-bond donors (Lipinski definition) is 0. The molecule has 0 spiro atoms. The van der Waals surface area contributed by atoms with Gasteiger partial charge in [-0.15, -0.1) is 11.1 Å². The van der Waals surface area contributed by atoms with Crippen molar-refractivity contribution in [3.63, 3.8) is 0 Å². The Balaban J connectivity index is 2.92. The summed E-state index contributed by atoms with van der Waals surface area (Å²) in [5.41, 5.74) is 0. The molecule has 0 fully saturated rings. The summed E-state index contributed by atoms with van der Waals surface area (Å²) in [6, 6.07) is 1.06. The van der Waals surface area contributed by atoms with Crippen molar-refractivity contribution >= 4 is 19.4 Å². The molecule has 0 saturated carbocycles. The Morgan fingerprint density at radius 1 is 1.50 bits per heavy atom. The highest BCUT2D eigenvalue weighted by Gasteiger charge is 2.04. The molecule has 0 aliphatic carbocycles. The molecule has 1 nitrogen and oxygen atoms in total. The molecule has 0 aromatic rings. The normalized spacial score (nSPS) is 10.5. The number of hydrogen-bond acceptors (Lipinski definition) is 1. The van der Waals surface area contributed by atoms with Crippen LogP contribution in [0.3, 0.4) is 0 Å². The molecular formula is C5H12ClOSi. The molecule has 0 aromatic carbocycles. The van der Waals surface area contributed by atoms with Crippen molar-refractivity contribution in [3.05, 3.63) is 0 Å². The minimum Gasteiger partial charge on any atom is -0.403 e. The Morgan fingerprint density at radius 2 is 2.12 bits per heavy atom. The van der Waals surface area contributed by atoms with Crippen LogP contribution in [0.25, 0.3) is 0 Å². The van der Waals surface area contributed by atoms with Gasteiger partial charge in [0, 0.05) is 6.61 Å². The second-order valence-corrected chi connectivity index (χ2v) is 4.30. The van der Waals surface area contributed by atoms with Gasteiger partial charge in [-0.2, -0.15) is 0 Å². The molecule has 0 atom stereocenters. The standard InChI is InChI=1S/C5H12ClOSi/c1-3-5-8(6)7-4-2/h3-5H2,1-2H3. The van der Waals surface area contributed by atoms with Gasteiger partial charge in [0.05, 0.1) is 0 Å². The first-order valence-electron chi connectivity index (χ1n) is 2.95. The molecule has 0 N–H and O–H groups in total. The van der Waals surface area contributed by atoms with Crippen LogP contribution in [0, 0.1) is 0 Å². The van der Waals surface area contributed by atoms with Gasteiger partial charge in [-0.05, 0) is 13.0 Å². The maximum absolute atomic E-state index is 5.76. The van der Waals surface area contributed by atoms with Crippen molar-refractivity contribution in [2.45, 2.75) is 26.3 Å². The average Bonchev–Trinajstić information content (AvgIpc) is 1.68. The molecule has 0 heterocycles. The fraction of sp³-hybridized carbons (Fsp3) is 1.00. The number of halogens is 1. The predicted molar refractivity (Wildman–Crippen MR) is 38.3 cm³/mol. The Morgan fingerprint density at radius 3 is 2.50 bits per heavy atom. The molecule has 0 aliphatic rings. The van der Waals surface area contributed by atoms with Crippen LogP contribution in [0.1, 0.15) is 20.3 Å². The zero-order chi connectivity index (χ0) is 6.41. The van der Waals surface area contributed by atoms with Crippen LogP contribution in [-0.4, -0.2) is 15.0 Å². The lowest BCUT2D eigenvalue weighted by atomic mass is 10.6. The average molecular weight is 152 g/mol. The Hall–Kier alpha value is 0.467. The largest absolute Gasteiger partial charge is 0.403 e. The van der Waals surface area contributed by atoms with Gasteiger partial charge in [0.15, 0.2) is 0 Å². The van der Waals surface area contributed by atoms with Gasteiger partial charge in [0.25, 0.3) is 0 Å². The second-order valence-electron chi connectivity index (χ2n) is 1.54. The van der Waals surface area contributed by atoms with Crippen LogP contribution in [0.5, 0.6) is 0 Å². The lowest BCUT2D eigenvalue weighted by Gasteiger charge is -2.01. The lowest BCUT2D eigenvalue weighted by Crippen LogP contribution is -2.08. The highest BCUT2D eigenvalue weighted by Crippen LogP contribution is 2.01. The topological polar surface area (TPSA) is 9.23 Å². The van der Waals surface area contributed by atoms with E-state index in [1.807, 2.05) is 6.92 Å². The Bertz CT molecular complexity index is 45.7. The van der Waals surface area contributed by atoms with E-state index in [1.165, 1.54) is 0 Å². The van der Waals surface area contributed by atoms with Crippen molar-refractivity contribution in [1.82, 2.24) is 0 Å². The fourth-order valence-electron chi connectivity index (χ4n) is 0.425. The van der Waals surface area contributed by atoms with Gasteiger partial charge in [-0.3, -0.25) is 0 Å². The molecule has 49 valence electrons. The van der Waals surface area contributed by atoms with E-state index in [0.717, 1.165) is 19.1 Å². The number of rotatable bonds is 4. The van der Waals surface area contributed by atoms with E-state index in [1.54, 1.807) is 0 Å². The van der Waals surface area contributed by atoms with Crippen molar-refractivity contribution in [2.24, 2.45) is 0 Å². The molecule has 0 saturated heterocycles. The summed E-state index contributed by atoms with van der Waals surface area (Å²) in [5.74, 6) is 0. The zero-order valence-electron chi connectivity index (χ0n) is 5.41. The van der Waals surface area contributed by atoms with E-state index in [4.69, 9.17) is 15.5 Å². The van der Waals surface area contributed by atoms with Gasteiger partial charge < -0.3 is 4.43 Å². The third kappa shape index (κ3) is 4.62. The van der Waals surface area contributed by atoms with E-state index in [0.29, 0.717) is 0 Å². The predicted octanol–water partition coefficient (Wildman–Crippen LogP) is 2.16. The van der Waals surface area contributed by atoms with Crippen LogP contribution in [0.15, 0.2) is 0 Å². The monoisotopic (exact) mass is 151 g/mol. The maximum atomic E-state index is 5.76. The van der Waals surface area contributed by atoms with Gasteiger partial charge in [-0.25, -0.2) is 0 Å². The first-order chi connectivity index (χ1) is 3.81. The summed E-state index contributed by atoms with van der Waals surface area (Å²) >= 11 is 5.76. The smallest absolute Gasteiger partial charge is 0.322 e. The summed E-state index contributed by atoms with van der Waals surface area (Å²) in [6.07, 6.45) is 1.14. The molecule has 1 radical (unpaired) electrons. The van der Waals surface area contributed by atoms with E-state index in [-0.39, 0.29) is 0 Å². The highest BCUT2D eigenvalue weighted by atomic mass is 35.6. The minimum atomic E-state index is -0.919. The van der Waals surface area contributed by atoms with Gasteiger partial charge in [0.2, 0.25) is 0 Å². The summed E-state index contributed by atoms with van der Waals surface area (Å²) in [7, 11) is -0.919. The maximum Gasteiger partial charge on any atom is 0.322 e. The fourth-order valence-corrected chi connectivity index (χ4v) is 2.17. The van der Waals surface area contributed by atoms with Crippen LogP contribution < -0.4 is 0 Å². The molecule has 0 aromatic heterocycles. The van der Waals surface area contributed by atoms with Crippen LogP contribution in [0.2, 0.25) is 6.04 Å². The molecule has 8 heavy (non-hydrogen) atoms. The van der Waals surface area contributed by atoms with Crippen molar-refractivity contribution < 1.29 is 4.43 Å². The molecule has 0 bridgehead atoms. The van der Waals surface area contributed by atoms with Crippen LogP contribution in [-0.2, 0) is 4.43 Å². The van der Waals surface area contributed by atoms with Gasteiger partial charge >= 0.3 is 8.35 Å². The summed E-state index contributed by atoms with van der Waals surface area (Å²) < 4.78 is 5.15. The molecular weight excluding hydrogens is 140 g/mol. The SMILES string of the molecule is CCC[Si](Cl)OCC. The third-order valence-corrected chi connectivity index (χ3v) is 3.14. The summed E-state index contributed by atoms with van der Waals surface area (Å²) in [6.45, 7) is 4.85. The Kier molecular flexibility index (Phi) is 5.93. The van der Waals surface area contributed by atoms with E-state index < -0.39 is 8.35 Å². The van der Waals surface area contributed by atoms with E-state index in [9.17, 15) is 0 Å². The molecule has 0 unspecified atom stereocenters. The third-order valence-electron chi connectivity index (χ3n) is 0.748. The van der Waals surface area contributed by atoms with Crippen molar-refractivity contribution in [3.8, 4) is 0 Å². The van der Waals surface area contributed by atoms with Crippen LogP contribution in [0.4, 0.5) is 0 Å². The van der Waals surface area contributed by atoms with Crippen molar-refractivity contribution in [2.75, 3.05) is 6.61 Å². The van der Waals surface area contributed by atoms with Gasteiger partial charge in [0.1, 0.15) is 0 Å². The molecule has 0 amide bonds. The molecule has 3 heteroatoms. The molecule has 0 rings (SSSR count). The van der Waals surface area contributed by atoms with Crippen molar-refractivity contribution in [1.29, 1.82) is 0 Å². The first-order valence-corrected chi connectivity index (χ1v) is 5.58. The van der Waals surface area contributed by atoms with Crippen LogP contribution >= 0.6 is 11.1 Å². The summed E-state index contributed by atoms with van der Waals surface area (Å²) in [5, 5.41) is 0. The first kappa shape index (κ1) is 8.47. The van der Waals surface area contributed by atoms with E-state index in [2.05, 4.69) is 6.92 Å². The zero-order valence-corrected chi connectivity index (χ0v) is 7.16.